The van der Waals surface area contributed by atoms with Crippen molar-refractivity contribution < 1.29 is 0 Å². The van der Waals surface area contributed by atoms with Crippen molar-refractivity contribution in [3.05, 3.63) is 188 Å². The van der Waals surface area contributed by atoms with Crippen LogP contribution in [0.3, 0.4) is 0 Å². The zero-order chi connectivity index (χ0) is 37.0. The summed E-state index contributed by atoms with van der Waals surface area (Å²) in [6.45, 7) is 0. The lowest BCUT2D eigenvalue weighted by atomic mass is 9.97. The van der Waals surface area contributed by atoms with Crippen molar-refractivity contribution in [3.8, 4) is 67.4 Å². The molecule has 0 aliphatic rings. The highest BCUT2D eigenvalue weighted by Gasteiger charge is 2.18. The Labute approximate surface area is 331 Å². The van der Waals surface area contributed by atoms with Gasteiger partial charge in [0.1, 0.15) is 4.83 Å². The Morgan fingerprint density at radius 1 is 0.304 bits per heavy atom. The predicted molar refractivity (Wildman–Crippen MR) is 238 cm³/mol. The highest BCUT2D eigenvalue weighted by atomic mass is 32.1. The van der Waals surface area contributed by atoms with Crippen molar-refractivity contribution in [2.45, 2.75) is 0 Å². The Morgan fingerprint density at radius 3 is 1.32 bits per heavy atom. The summed E-state index contributed by atoms with van der Waals surface area (Å²) in [5.74, 6) is 0.748. The van der Waals surface area contributed by atoms with Crippen molar-refractivity contribution in [1.29, 1.82) is 0 Å². The summed E-state index contributed by atoms with van der Waals surface area (Å²) in [5, 5.41) is 4.78. The molecule has 0 atom stereocenters. The lowest BCUT2D eigenvalue weighted by molar-refractivity contribution is 1.24. The Balaban J connectivity index is 0.911. The first-order valence-electron chi connectivity index (χ1n) is 18.7. The van der Waals surface area contributed by atoms with E-state index in [1.807, 2.05) is 29.5 Å². The van der Waals surface area contributed by atoms with Crippen LogP contribution in [0.2, 0.25) is 0 Å². The minimum Gasteiger partial charge on any atom is -0.247 e. The smallest absolute Gasteiger partial charge is 0.161 e. The topological polar surface area (TPSA) is 38.7 Å². The molecule has 7 aromatic carbocycles. The van der Waals surface area contributed by atoms with Gasteiger partial charge in [0.2, 0.25) is 0 Å². The fraction of sp³-hybridized carbons (Fsp3) is 0. The number of benzene rings is 7. The second-order valence-corrected chi connectivity index (χ2v) is 16.1. The number of rotatable bonds is 6. The van der Waals surface area contributed by atoms with E-state index in [2.05, 4.69) is 170 Å². The lowest BCUT2D eigenvalue weighted by Crippen LogP contribution is -1.93. The summed E-state index contributed by atoms with van der Waals surface area (Å²) in [6, 6.07) is 66.7. The Hall–Kier alpha value is -6.79. The monoisotopic (exact) mass is 749 g/mol. The third kappa shape index (κ3) is 5.68. The number of thiophene rings is 2. The first kappa shape index (κ1) is 32.6. The van der Waals surface area contributed by atoms with E-state index in [1.165, 1.54) is 46.9 Å². The van der Waals surface area contributed by atoms with E-state index in [9.17, 15) is 0 Å². The van der Waals surface area contributed by atoms with Gasteiger partial charge in [-0.15, -0.1) is 22.7 Å². The number of hydrogen-bond donors (Lipinski definition) is 0. The van der Waals surface area contributed by atoms with Crippen LogP contribution in [-0.4, -0.2) is 15.0 Å². The van der Waals surface area contributed by atoms with Crippen molar-refractivity contribution >= 4 is 63.1 Å². The molecule has 0 saturated carbocycles. The van der Waals surface area contributed by atoms with E-state index in [0.717, 1.165) is 60.9 Å². The highest BCUT2D eigenvalue weighted by molar-refractivity contribution is 7.26. The second-order valence-electron chi connectivity index (χ2n) is 14.0. The molecule has 11 rings (SSSR count). The van der Waals surface area contributed by atoms with Crippen LogP contribution in [0.5, 0.6) is 0 Å². The maximum Gasteiger partial charge on any atom is 0.161 e. The Morgan fingerprint density at radius 2 is 0.750 bits per heavy atom. The van der Waals surface area contributed by atoms with Crippen molar-refractivity contribution in [2.75, 3.05) is 0 Å². The van der Waals surface area contributed by atoms with E-state index in [1.54, 1.807) is 11.3 Å². The molecule has 0 spiro atoms. The zero-order valence-electron chi connectivity index (χ0n) is 30.1. The van der Waals surface area contributed by atoms with Crippen LogP contribution in [0.1, 0.15) is 0 Å². The molecule has 0 unspecified atom stereocenters. The molecule has 262 valence electrons. The molecule has 0 aliphatic carbocycles. The predicted octanol–water partition coefficient (Wildman–Crippen LogP) is 14.6. The standard InChI is InChI=1S/C51H31N3S2/c1-3-11-36(12-4-1)42-31-45-46(40-15-7-9-17-43(40)55-45)48(52-42)37-27-23-34(24-28-37)32-19-21-33(22-20-32)35-25-29-38(30-26-35)49-47-41-16-8-10-18-44(41)56-51(47)54-50(53-49)39-13-5-2-6-14-39/h1-31H. The SMILES string of the molecule is c1ccc(-c2cc3sc4ccccc4c3c(-c3ccc(-c4ccc(-c5ccc(-c6nc(-c7ccccc7)nc7sc8ccccc8c67)cc5)cc4)cc3)n2)cc1. The molecule has 4 aromatic heterocycles. The average molecular weight is 750 g/mol. The van der Waals surface area contributed by atoms with E-state index in [4.69, 9.17) is 15.0 Å². The van der Waals surface area contributed by atoms with Crippen molar-refractivity contribution in [1.82, 2.24) is 15.0 Å². The molecule has 0 aliphatic heterocycles. The minimum atomic E-state index is 0.748. The quantitative estimate of drug-likeness (QED) is 0.170. The van der Waals surface area contributed by atoms with Crippen LogP contribution in [0.4, 0.5) is 0 Å². The third-order valence-corrected chi connectivity index (χ3v) is 12.8. The van der Waals surface area contributed by atoms with E-state index >= 15 is 0 Å². The molecule has 0 bridgehead atoms. The highest BCUT2D eigenvalue weighted by Crippen LogP contribution is 2.42. The average Bonchev–Trinajstić information content (AvgIpc) is 3.85. The van der Waals surface area contributed by atoms with Gasteiger partial charge in [0, 0.05) is 57.9 Å². The molecule has 11 aromatic rings. The summed E-state index contributed by atoms with van der Waals surface area (Å²) < 4.78 is 3.75. The minimum absolute atomic E-state index is 0.748. The lowest BCUT2D eigenvalue weighted by Gasteiger charge is -2.10. The fourth-order valence-electron chi connectivity index (χ4n) is 7.75. The van der Waals surface area contributed by atoms with Gasteiger partial charge in [0.05, 0.1) is 17.1 Å². The van der Waals surface area contributed by atoms with Gasteiger partial charge in [-0.25, -0.2) is 15.0 Å². The maximum atomic E-state index is 5.28. The summed E-state index contributed by atoms with van der Waals surface area (Å²) in [5.41, 5.74) is 12.0. The fourth-order valence-corrected chi connectivity index (χ4v) is 9.97. The van der Waals surface area contributed by atoms with Crippen LogP contribution in [0, 0.1) is 0 Å². The zero-order valence-corrected chi connectivity index (χ0v) is 31.7. The van der Waals surface area contributed by atoms with Crippen LogP contribution in [0.15, 0.2) is 188 Å². The molecule has 0 fully saturated rings. The van der Waals surface area contributed by atoms with E-state index < -0.39 is 0 Å². The van der Waals surface area contributed by atoms with Crippen molar-refractivity contribution in [2.24, 2.45) is 0 Å². The first-order valence-corrected chi connectivity index (χ1v) is 20.3. The van der Waals surface area contributed by atoms with Crippen LogP contribution in [-0.2, 0) is 0 Å². The van der Waals surface area contributed by atoms with Gasteiger partial charge in [-0.05, 0) is 40.5 Å². The number of nitrogens with zero attached hydrogens (tertiary/aromatic N) is 3. The summed E-state index contributed by atoms with van der Waals surface area (Å²) in [7, 11) is 0. The van der Waals surface area contributed by atoms with Gasteiger partial charge in [-0.3, -0.25) is 0 Å². The number of fused-ring (bicyclic) bond motifs is 6. The largest absolute Gasteiger partial charge is 0.247 e. The normalized spacial score (nSPS) is 11.6. The maximum absolute atomic E-state index is 5.28. The summed E-state index contributed by atoms with van der Waals surface area (Å²) >= 11 is 3.56. The van der Waals surface area contributed by atoms with Crippen LogP contribution < -0.4 is 0 Å². The van der Waals surface area contributed by atoms with Crippen molar-refractivity contribution in [3.63, 3.8) is 0 Å². The first-order chi connectivity index (χ1) is 27.7. The molecular formula is C51H31N3S2. The Kier molecular flexibility index (Phi) is 7.87. The molecule has 0 amide bonds. The molecule has 0 N–H and O–H groups in total. The summed E-state index contributed by atoms with van der Waals surface area (Å²) in [4.78, 5) is 16.5. The molecule has 5 heteroatoms. The van der Waals surface area contributed by atoms with Crippen LogP contribution in [0.25, 0.3) is 108 Å². The summed E-state index contributed by atoms with van der Waals surface area (Å²) in [6.07, 6.45) is 0. The molecule has 0 saturated heterocycles. The van der Waals surface area contributed by atoms with E-state index in [0.29, 0.717) is 0 Å². The third-order valence-electron chi connectivity index (χ3n) is 10.6. The van der Waals surface area contributed by atoms with Gasteiger partial charge in [-0.2, -0.15) is 0 Å². The molecule has 0 radical (unpaired) electrons. The second kappa shape index (κ2) is 13.5. The number of aromatic nitrogens is 3. The van der Waals surface area contributed by atoms with Gasteiger partial charge in [0.15, 0.2) is 5.82 Å². The van der Waals surface area contributed by atoms with Crippen LogP contribution >= 0.6 is 22.7 Å². The van der Waals surface area contributed by atoms with Gasteiger partial charge >= 0.3 is 0 Å². The molecule has 3 nitrogen and oxygen atoms in total. The molecular weight excluding hydrogens is 719 g/mol. The van der Waals surface area contributed by atoms with E-state index in [-0.39, 0.29) is 0 Å². The van der Waals surface area contributed by atoms with Gasteiger partial charge in [0.25, 0.3) is 0 Å². The molecule has 4 heterocycles. The van der Waals surface area contributed by atoms with Gasteiger partial charge < -0.3 is 0 Å². The Bertz CT molecular complexity index is 2980. The number of pyridine rings is 1. The molecule has 56 heavy (non-hydrogen) atoms. The number of hydrogen-bond acceptors (Lipinski definition) is 5. The van der Waals surface area contributed by atoms with Gasteiger partial charge in [-0.1, -0.05) is 170 Å².